The van der Waals surface area contributed by atoms with Gasteiger partial charge in [0.25, 0.3) is 0 Å². The lowest BCUT2D eigenvalue weighted by atomic mass is 9.70. The average molecular weight is 288 g/mol. The van der Waals surface area contributed by atoms with Gasteiger partial charge in [0.15, 0.2) is 0 Å². The van der Waals surface area contributed by atoms with Gasteiger partial charge in [-0.1, -0.05) is 33.8 Å². The predicted octanol–water partition coefficient (Wildman–Crippen LogP) is 3.78. The van der Waals surface area contributed by atoms with Gasteiger partial charge in [0, 0.05) is 24.2 Å². The van der Waals surface area contributed by atoms with E-state index < -0.39 is 0 Å². The molecule has 3 nitrogen and oxygen atoms in total. The highest BCUT2D eigenvalue weighted by Crippen LogP contribution is 2.66. The summed E-state index contributed by atoms with van der Waals surface area (Å²) in [4.78, 5) is 4.50. The Morgan fingerprint density at radius 3 is 2.67 bits per heavy atom. The highest BCUT2D eigenvalue weighted by atomic mass is 16.5. The van der Waals surface area contributed by atoms with Crippen molar-refractivity contribution in [1.82, 2.24) is 10.3 Å². The van der Waals surface area contributed by atoms with Crippen LogP contribution in [0.25, 0.3) is 0 Å². The van der Waals surface area contributed by atoms with Gasteiger partial charge in [-0.05, 0) is 42.7 Å². The molecule has 0 radical (unpaired) electrons. The molecule has 1 heterocycles. The molecular formula is C18H28N2O. The van der Waals surface area contributed by atoms with Crippen LogP contribution in [0.1, 0.15) is 52.5 Å². The fourth-order valence-corrected chi connectivity index (χ4v) is 4.31. The maximum absolute atomic E-state index is 6.28. The highest BCUT2D eigenvalue weighted by Gasteiger charge is 2.62. The molecule has 1 aromatic rings. The van der Waals surface area contributed by atoms with Gasteiger partial charge in [-0.15, -0.1) is 0 Å². The molecule has 1 N–H and O–H groups in total. The molecule has 2 aliphatic rings. The molecule has 0 aromatic carbocycles. The summed E-state index contributed by atoms with van der Waals surface area (Å²) in [5, 5.41) is 3.32. The molecule has 3 rings (SSSR count). The molecule has 21 heavy (non-hydrogen) atoms. The summed E-state index contributed by atoms with van der Waals surface area (Å²) in [6, 6.07) is 4.14. The van der Waals surface area contributed by atoms with E-state index >= 15 is 0 Å². The van der Waals surface area contributed by atoms with Gasteiger partial charge < -0.3 is 10.1 Å². The van der Waals surface area contributed by atoms with Gasteiger partial charge in [-0.25, -0.2) is 4.98 Å². The van der Waals surface area contributed by atoms with Crippen molar-refractivity contribution in [2.45, 2.75) is 59.6 Å². The largest absolute Gasteiger partial charge is 0.474 e. The van der Waals surface area contributed by atoms with Crippen LogP contribution in [0.5, 0.6) is 5.88 Å². The second-order valence-corrected chi connectivity index (χ2v) is 7.50. The zero-order chi connectivity index (χ0) is 15.1. The van der Waals surface area contributed by atoms with Crippen molar-refractivity contribution in [3.8, 4) is 5.88 Å². The van der Waals surface area contributed by atoms with Crippen molar-refractivity contribution in [1.29, 1.82) is 0 Å². The third-order valence-corrected chi connectivity index (χ3v) is 6.35. The number of aromatic nitrogens is 1. The Morgan fingerprint density at radius 1 is 1.33 bits per heavy atom. The van der Waals surface area contributed by atoms with E-state index in [0.717, 1.165) is 24.9 Å². The van der Waals surface area contributed by atoms with Crippen molar-refractivity contribution < 1.29 is 4.74 Å². The van der Waals surface area contributed by atoms with Crippen molar-refractivity contribution in [2.24, 2.45) is 16.7 Å². The summed E-state index contributed by atoms with van der Waals surface area (Å²) in [6.07, 6.45) is 6.08. The Hall–Kier alpha value is -1.09. The summed E-state index contributed by atoms with van der Waals surface area (Å²) in [5.74, 6) is 1.59. The number of nitrogens with zero attached hydrogens (tertiary/aromatic N) is 1. The lowest BCUT2D eigenvalue weighted by molar-refractivity contribution is 0.0273. The fraction of sp³-hybridized carbons (Fsp3) is 0.722. The Bertz CT molecular complexity index is 496. The number of nitrogens with one attached hydrogen (secondary N) is 1. The zero-order valence-electron chi connectivity index (χ0n) is 13.8. The Labute approximate surface area is 128 Å². The second kappa shape index (κ2) is 5.28. The van der Waals surface area contributed by atoms with Gasteiger partial charge >= 0.3 is 0 Å². The molecule has 3 atom stereocenters. The predicted molar refractivity (Wildman–Crippen MR) is 85.3 cm³/mol. The number of pyridine rings is 1. The normalized spacial score (nSPS) is 33.3. The maximum Gasteiger partial charge on any atom is 0.213 e. The second-order valence-electron chi connectivity index (χ2n) is 7.50. The Morgan fingerprint density at radius 2 is 2.14 bits per heavy atom. The monoisotopic (exact) mass is 288 g/mol. The lowest BCUT2D eigenvalue weighted by Gasteiger charge is -2.38. The zero-order valence-corrected chi connectivity index (χ0v) is 13.8. The standard InChI is InChI=1S/C18H28N2O/c1-5-19-11-13-6-7-16(20-12-13)21-15-10-14-8-9-18(15,4)17(14,2)3/h6-7,12,14-15,19H,5,8-11H2,1-4H3. The molecule has 0 spiro atoms. The van der Waals surface area contributed by atoms with E-state index in [9.17, 15) is 0 Å². The summed E-state index contributed by atoms with van der Waals surface area (Å²) in [7, 11) is 0. The minimum atomic E-state index is 0.293. The first-order chi connectivity index (χ1) is 9.97. The minimum absolute atomic E-state index is 0.293. The van der Waals surface area contributed by atoms with E-state index in [4.69, 9.17) is 4.74 Å². The number of rotatable bonds is 5. The third kappa shape index (κ3) is 2.36. The van der Waals surface area contributed by atoms with Gasteiger partial charge in [0.05, 0.1) is 0 Å². The first-order valence-corrected chi connectivity index (χ1v) is 8.29. The van der Waals surface area contributed by atoms with Crippen molar-refractivity contribution in [2.75, 3.05) is 6.54 Å². The molecule has 0 aliphatic heterocycles. The Balaban J connectivity index is 1.68. The van der Waals surface area contributed by atoms with Crippen molar-refractivity contribution in [3.05, 3.63) is 23.9 Å². The van der Waals surface area contributed by atoms with E-state index in [1.807, 2.05) is 12.3 Å². The smallest absolute Gasteiger partial charge is 0.213 e. The van der Waals surface area contributed by atoms with E-state index in [1.54, 1.807) is 0 Å². The molecule has 3 unspecified atom stereocenters. The number of ether oxygens (including phenoxy) is 1. The van der Waals surface area contributed by atoms with Crippen LogP contribution < -0.4 is 10.1 Å². The fourth-order valence-electron chi connectivity index (χ4n) is 4.31. The van der Waals surface area contributed by atoms with Crippen LogP contribution >= 0.6 is 0 Å². The van der Waals surface area contributed by atoms with Crippen LogP contribution in [0.2, 0.25) is 0 Å². The molecule has 2 saturated carbocycles. The van der Waals surface area contributed by atoms with Gasteiger partial charge in [0.1, 0.15) is 6.10 Å². The minimum Gasteiger partial charge on any atom is -0.474 e. The SMILES string of the molecule is CCNCc1ccc(OC2CC3CCC2(C)C3(C)C)nc1. The van der Waals surface area contributed by atoms with Crippen molar-refractivity contribution >= 4 is 0 Å². The highest BCUT2D eigenvalue weighted by molar-refractivity contribution is 5.20. The molecule has 2 aliphatic carbocycles. The van der Waals surface area contributed by atoms with Crippen LogP contribution in [-0.2, 0) is 6.54 Å². The topological polar surface area (TPSA) is 34.1 Å². The van der Waals surface area contributed by atoms with Crippen LogP contribution in [-0.4, -0.2) is 17.6 Å². The third-order valence-electron chi connectivity index (χ3n) is 6.35. The molecule has 116 valence electrons. The van der Waals surface area contributed by atoms with E-state index in [2.05, 4.69) is 44.1 Å². The van der Waals surface area contributed by atoms with Crippen molar-refractivity contribution in [3.63, 3.8) is 0 Å². The number of fused-ring (bicyclic) bond motifs is 2. The Kier molecular flexibility index (Phi) is 3.73. The summed E-state index contributed by atoms with van der Waals surface area (Å²) < 4.78 is 6.28. The van der Waals surface area contributed by atoms with E-state index in [-0.39, 0.29) is 0 Å². The molecular weight excluding hydrogens is 260 g/mol. The lowest BCUT2D eigenvalue weighted by Crippen LogP contribution is -2.39. The molecule has 0 saturated heterocycles. The molecule has 1 aromatic heterocycles. The number of hydrogen-bond acceptors (Lipinski definition) is 3. The molecule has 0 amide bonds. The van der Waals surface area contributed by atoms with Gasteiger partial charge in [0.2, 0.25) is 5.88 Å². The van der Waals surface area contributed by atoms with Crippen LogP contribution in [0.3, 0.4) is 0 Å². The molecule has 2 fully saturated rings. The van der Waals surface area contributed by atoms with Crippen LogP contribution in [0, 0.1) is 16.7 Å². The maximum atomic E-state index is 6.28. The molecule has 2 bridgehead atoms. The van der Waals surface area contributed by atoms with Gasteiger partial charge in [-0.2, -0.15) is 0 Å². The summed E-state index contributed by atoms with van der Waals surface area (Å²) in [6.45, 7) is 11.2. The van der Waals surface area contributed by atoms with E-state index in [0.29, 0.717) is 16.9 Å². The number of hydrogen-bond donors (Lipinski definition) is 1. The average Bonchev–Trinajstić information content (AvgIpc) is 2.80. The molecule has 3 heteroatoms. The summed E-state index contributed by atoms with van der Waals surface area (Å²) in [5.41, 5.74) is 1.90. The van der Waals surface area contributed by atoms with Gasteiger partial charge in [-0.3, -0.25) is 0 Å². The quantitative estimate of drug-likeness (QED) is 0.895. The van der Waals surface area contributed by atoms with Crippen LogP contribution in [0.4, 0.5) is 0 Å². The first kappa shape index (κ1) is 14.8. The first-order valence-electron chi connectivity index (χ1n) is 8.29. The van der Waals surface area contributed by atoms with Crippen LogP contribution in [0.15, 0.2) is 18.3 Å². The summed E-state index contributed by atoms with van der Waals surface area (Å²) >= 11 is 0. The van der Waals surface area contributed by atoms with E-state index in [1.165, 1.54) is 24.8 Å².